The van der Waals surface area contributed by atoms with Gasteiger partial charge in [0.1, 0.15) is 0 Å². The van der Waals surface area contributed by atoms with Gasteiger partial charge in [0.25, 0.3) is 0 Å². The largest absolute Gasteiger partial charge is 0.324 e. The van der Waals surface area contributed by atoms with Crippen molar-refractivity contribution in [3.63, 3.8) is 0 Å². The van der Waals surface area contributed by atoms with E-state index in [1.54, 1.807) is 6.07 Å². The summed E-state index contributed by atoms with van der Waals surface area (Å²) in [5.74, 6) is -1.64. The highest BCUT2D eigenvalue weighted by molar-refractivity contribution is 5.22. The van der Waals surface area contributed by atoms with Crippen LogP contribution in [-0.2, 0) is 0 Å². The summed E-state index contributed by atoms with van der Waals surface area (Å²) in [6.07, 6.45) is 3.22. The van der Waals surface area contributed by atoms with E-state index in [2.05, 4.69) is 9.80 Å². The van der Waals surface area contributed by atoms with Crippen molar-refractivity contribution in [3.05, 3.63) is 35.4 Å². The van der Waals surface area contributed by atoms with Crippen molar-refractivity contribution in [3.8, 4) is 0 Å². The molecule has 1 aromatic rings. The molecule has 1 saturated heterocycles. The molecular weight excluding hydrogens is 272 g/mol. The Morgan fingerprint density at radius 2 is 1.95 bits per heavy atom. The van der Waals surface area contributed by atoms with E-state index in [0.29, 0.717) is 6.42 Å². The van der Waals surface area contributed by atoms with Gasteiger partial charge in [0, 0.05) is 24.7 Å². The van der Waals surface area contributed by atoms with Gasteiger partial charge >= 0.3 is 0 Å². The van der Waals surface area contributed by atoms with Crippen LogP contribution in [0.1, 0.15) is 30.9 Å². The predicted molar refractivity (Wildman–Crippen MR) is 81.1 cm³/mol. The lowest BCUT2D eigenvalue weighted by atomic mass is 10.0. The minimum absolute atomic E-state index is 0.267. The van der Waals surface area contributed by atoms with Crippen molar-refractivity contribution in [1.82, 2.24) is 9.80 Å². The van der Waals surface area contributed by atoms with E-state index in [-0.39, 0.29) is 5.56 Å². The quantitative estimate of drug-likeness (QED) is 0.839. The Bertz CT molecular complexity index is 447. The van der Waals surface area contributed by atoms with Gasteiger partial charge in [-0.25, -0.2) is 8.78 Å². The monoisotopic (exact) mass is 297 g/mol. The zero-order valence-electron chi connectivity index (χ0n) is 12.7. The Morgan fingerprint density at radius 1 is 1.24 bits per heavy atom. The molecule has 1 aliphatic rings. The van der Waals surface area contributed by atoms with Crippen LogP contribution in [0.3, 0.4) is 0 Å². The summed E-state index contributed by atoms with van der Waals surface area (Å²) in [5, 5.41) is 0. The summed E-state index contributed by atoms with van der Waals surface area (Å²) in [6, 6.07) is 3.72. The molecule has 2 N–H and O–H groups in total. The first-order valence-corrected chi connectivity index (χ1v) is 7.68. The lowest BCUT2D eigenvalue weighted by molar-refractivity contribution is 0.251. The standard InChI is InChI=1S/C16H25F2N3/c1-20(11-12-21-8-2-3-9-21)10-7-15(19)13-5-4-6-14(17)16(13)18/h4-6,15H,2-3,7-12,19H2,1H3. The maximum absolute atomic E-state index is 13.7. The molecular formula is C16H25F2N3. The fourth-order valence-electron chi connectivity index (χ4n) is 2.75. The van der Waals surface area contributed by atoms with Crippen LogP contribution >= 0.6 is 0 Å². The number of rotatable bonds is 7. The molecule has 0 spiro atoms. The first-order chi connectivity index (χ1) is 10.1. The second-order valence-electron chi connectivity index (χ2n) is 5.89. The van der Waals surface area contributed by atoms with E-state index in [4.69, 9.17) is 5.73 Å². The van der Waals surface area contributed by atoms with Crippen LogP contribution in [0.15, 0.2) is 18.2 Å². The van der Waals surface area contributed by atoms with Gasteiger partial charge in [-0.1, -0.05) is 12.1 Å². The van der Waals surface area contributed by atoms with E-state index in [9.17, 15) is 8.78 Å². The Balaban J connectivity index is 1.74. The van der Waals surface area contributed by atoms with Crippen molar-refractivity contribution in [1.29, 1.82) is 0 Å². The molecule has 1 fully saturated rings. The van der Waals surface area contributed by atoms with Crippen molar-refractivity contribution in [2.24, 2.45) is 5.73 Å². The number of nitrogens with two attached hydrogens (primary N) is 1. The number of hydrogen-bond acceptors (Lipinski definition) is 3. The number of likely N-dealkylation sites (tertiary alicyclic amines) is 1. The lowest BCUT2D eigenvalue weighted by Gasteiger charge is -2.22. The van der Waals surface area contributed by atoms with E-state index in [1.807, 2.05) is 7.05 Å². The van der Waals surface area contributed by atoms with E-state index in [1.165, 1.54) is 32.0 Å². The van der Waals surface area contributed by atoms with Crippen molar-refractivity contribution in [2.75, 3.05) is 39.8 Å². The maximum Gasteiger partial charge on any atom is 0.163 e. The highest BCUT2D eigenvalue weighted by Gasteiger charge is 2.16. The van der Waals surface area contributed by atoms with Gasteiger partial charge in [-0.2, -0.15) is 0 Å². The molecule has 0 saturated carbocycles. The van der Waals surface area contributed by atoms with Crippen molar-refractivity contribution < 1.29 is 8.78 Å². The topological polar surface area (TPSA) is 32.5 Å². The van der Waals surface area contributed by atoms with Gasteiger partial charge in [-0.05, 0) is 52.0 Å². The van der Waals surface area contributed by atoms with Crippen LogP contribution in [0, 0.1) is 11.6 Å². The van der Waals surface area contributed by atoms with Crippen LogP contribution in [0.25, 0.3) is 0 Å². The Hall–Kier alpha value is -1.04. The molecule has 0 amide bonds. The summed E-state index contributed by atoms with van der Waals surface area (Å²) < 4.78 is 26.8. The van der Waals surface area contributed by atoms with Crippen molar-refractivity contribution in [2.45, 2.75) is 25.3 Å². The fourth-order valence-corrected chi connectivity index (χ4v) is 2.75. The lowest BCUT2D eigenvalue weighted by Crippen LogP contribution is -2.33. The molecule has 21 heavy (non-hydrogen) atoms. The third kappa shape index (κ3) is 4.73. The molecule has 1 unspecified atom stereocenters. The molecule has 118 valence electrons. The van der Waals surface area contributed by atoms with Crippen LogP contribution in [0.5, 0.6) is 0 Å². The third-order valence-corrected chi connectivity index (χ3v) is 4.20. The van der Waals surface area contributed by atoms with Crippen LogP contribution in [0.4, 0.5) is 8.78 Å². The molecule has 3 nitrogen and oxygen atoms in total. The maximum atomic E-state index is 13.7. The predicted octanol–water partition coefficient (Wildman–Crippen LogP) is 2.38. The molecule has 1 atom stereocenters. The summed E-state index contributed by atoms with van der Waals surface area (Å²) >= 11 is 0. The number of nitrogens with zero attached hydrogens (tertiary/aromatic N) is 2. The number of halogens is 2. The average molecular weight is 297 g/mol. The van der Waals surface area contributed by atoms with Crippen LogP contribution in [0.2, 0.25) is 0 Å². The summed E-state index contributed by atoms with van der Waals surface area (Å²) in [5.41, 5.74) is 6.25. The van der Waals surface area contributed by atoms with Gasteiger partial charge in [-0.3, -0.25) is 0 Å². The Labute approximate surface area is 125 Å². The average Bonchev–Trinajstić information content (AvgIpc) is 2.99. The number of benzene rings is 1. The SMILES string of the molecule is CN(CCC(N)c1cccc(F)c1F)CCN1CCCC1. The molecule has 0 aliphatic carbocycles. The molecule has 1 aliphatic heterocycles. The van der Waals surface area contributed by atoms with Gasteiger partial charge in [0.15, 0.2) is 11.6 Å². The molecule has 0 aromatic heterocycles. The zero-order chi connectivity index (χ0) is 15.2. The zero-order valence-corrected chi connectivity index (χ0v) is 12.7. The normalized spacial score (nSPS) is 17.6. The first kappa shape index (κ1) is 16.3. The van der Waals surface area contributed by atoms with E-state index in [0.717, 1.165) is 25.7 Å². The number of hydrogen-bond donors (Lipinski definition) is 1. The van der Waals surface area contributed by atoms with E-state index < -0.39 is 17.7 Å². The van der Waals surface area contributed by atoms with Crippen LogP contribution in [-0.4, -0.2) is 49.6 Å². The summed E-state index contributed by atoms with van der Waals surface area (Å²) in [6.45, 7) is 5.23. The molecule has 0 radical (unpaired) electrons. The van der Waals surface area contributed by atoms with Gasteiger partial charge in [0.05, 0.1) is 0 Å². The second-order valence-corrected chi connectivity index (χ2v) is 5.89. The minimum atomic E-state index is -0.828. The Kier molecular flexibility index (Phi) is 6.08. The highest BCUT2D eigenvalue weighted by Crippen LogP contribution is 2.20. The molecule has 5 heteroatoms. The molecule has 1 heterocycles. The number of likely N-dealkylation sites (N-methyl/N-ethyl adjacent to an activating group) is 1. The van der Waals surface area contributed by atoms with Gasteiger partial charge < -0.3 is 15.5 Å². The smallest absolute Gasteiger partial charge is 0.163 e. The first-order valence-electron chi connectivity index (χ1n) is 7.68. The minimum Gasteiger partial charge on any atom is -0.324 e. The highest BCUT2D eigenvalue weighted by atomic mass is 19.2. The molecule has 2 rings (SSSR count). The van der Waals surface area contributed by atoms with Crippen molar-refractivity contribution >= 4 is 0 Å². The van der Waals surface area contributed by atoms with Gasteiger partial charge in [0.2, 0.25) is 0 Å². The Morgan fingerprint density at radius 3 is 2.67 bits per heavy atom. The summed E-state index contributed by atoms with van der Waals surface area (Å²) in [7, 11) is 2.05. The third-order valence-electron chi connectivity index (χ3n) is 4.20. The second kappa shape index (κ2) is 7.82. The van der Waals surface area contributed by atoms with E-state index >= 15 is 0 Å². The molecule has 1 aromatic carbocycles. The van der Waals surface area contributed by atoms with Gasteiger partial charge in [-0.15, -0.1) is 0 Å². The fraction of sp³-hybridized carbons (Fsp3) is 0.625. The summed E-state index contributed by atoms with van der Waals surface area (Å²) in [4.78, 5) is 4.66. The molecule has 0 bridgehead atoms. The van der Waals surface area contributed by atoms with Crippen LogP contribution < -0.4 is 5.73 Å².